The number of halogens is 1. The van der Waals surface area contributed by atoms with Gasteiger partial charge in [-0.1, -0.05) is 0 Å². The van der Waals surface area contributed by atoms with Gasteiger partial charge in [-0.25, -0.2) is 17.8 Å². The molecule has 0 radical (unpaired) electrons. The SMILES string of the molecule is CSCC(C)N(C)S(=O)(=O)c1ncccc1F. The van der Waals surface area contributed by atoms with Crippen LogP contribution in [0.1, 0.15) is 6.92 Å². The first-order valence-electron chi connectivity index (χ1n) is 4.98. The molecule has 17 heavy (non-hydrogen) atoms. The van der Waals surface area contributed by atoms with Crippen LogP contribution in [0.2, 0.25) is 0 Å². The van der Waals surface area contributed by atoms with Gasteiger partial charge < -0.3 is 0 Å². The lowest BCUT2D eigenvalue weighted by Gasteiger charge is -2.23. The van der Waals surface area contributed by atoms with Gasteiger partial charge in [0.1, 0.15) is 0 Å². The minimum absolute atomic E-state index is 0.212. The van der Waals surface area contributed by atoms with Gasteiger partial charge in [-0.15, -0.1) is 0 Å². The molecule has 1 rings (SSSR count). The van der Waals surface area contributed by atoms with Gasteiger partial charge in [0.15, 0.2) is 5.82 Å². The van der Waals surface area contributed by atoms with Crippen molar-refractivity contribution >= 4 is 21.8 Å². The van der Waals surface area contributed by atoms with E-state index in [2.05, 4.69) is 4.98 Å². The van der Waals surface area contributed by atoms with Gasteiger partial charge in [-0.3, -0.25) is 0 Å². The molecule has 1 heterocycles. The maximum absolute atomic E-state index is 13.4. The quantitative estimate of drug-likeness (QED) is 0.821. The molecule has 0 aliphatic rings. The lowest BCUT2D eigenvalue weighted by Crippen LogP contribution is -2.37. The molecule has 4 nitrogen and oxygen atoms in total. The summed E-state index contributed by atoms with van der Waals surface area (Å²) in [7, 11) is -2.42. The molecule has 0 aliphatic heterocycles. The van der Waals surface area contributed by atoms with E-state index in [0.717, 1.165) is 10.4 Å². The highest BCUT2D eigenvalue weighted by molar-refractivity contribution is 7.98. The zero-order valence-electron chi connectivity index (χ0n) is 9.92. The van der Waals surface area contributed by atoms with Gasteiger partial charge in [0.05, 0.1) is 0 Å². The van der Waals surface area contributed by atoms with E-state index in [1.165, 1.54) is 31.1 Å². The maximum Gasteiger partial charge on any atom is 0.263 e. The van der Waals surface area contributed by atoms with Crippen LogP contribution in [0, 0.1) is 5.82 Å². The molecule has 0 spiro atoms. The molecule has 7 heteroatoms. The Morgan fingerprint density at radius 3 is 2.76 bits per heavy atom. The Hall–Kier alpha value is -0.660. The highest BCUT2D eigenvalue weighted by atomic mass is 32.2. The van der Waals surface area contributed by atoms with Crippen LogP contribution < -0.4 is 0 Å². The lowest BCUT2D eigenvalue weighted by molar-refractivity contribution is 0.408. The number of hydrogen-bond donors (Lipinski definition) is 0. The van der Waals surface area contributed by atoms with Crippen LogP contribution in [0.5, 0.6) is 0 Å². The first-order chi connectivity index (χ1) is 7.91. The molecule has 96 valence electrons. The molecule has 1 aromatic heterocycles. The molecule has 0 N–H and O–H groups in total. The van der Waals surface area contributed by atoms with Crippen molar-refractivity contribution < 1.29 is 12.8 Å². The Morgan fingerprint density at radius 2 is 2.24 bits per heavy atom. The predicted molar refractivity (Wildman–Crippen MR) is 67.0 cm³/mol. The number of aromatic nitrogens is 1. The Balaban J connectivity index is 3.08. The summed E-state index contributed by atoms with van der Waals surface area (Å²) >= 11 is 1.53. The van der Waals surface area contributed by atoms with Crippen molar-refractivity contribution in [1.82, 2.24) is 9.29 Å². The van der Waals surface area contributed by atoms with Gasteiger partial charge in [0.2, 0.25) is 5.03 Å². The van der Waals surface area contributed by atoms with E-state index >= 15 is 0 Å². The number of hydrogen-bond acceptors (Lipinski definition) is 4. The molecule has 0 saturated carbocycles. The summed E-state index contributed by atoms with van der Waals surface area (Å²) < 4.78 is 38.7. The van der Waals surface area contributed by atoms with Crippen LogP contribution >= 0.6 is 11.8 Å². The fourth-order valence-corrected chi connectivity index (χ4v) is 3.41. The summed E-state index contributed by atoms with van der Waals surface area (Å²) in [5.74, 6) is -0.180. The van der Waals surface area contributed by atoms with Crippen LogP contribution in [-0.4, -0.2) is 42.8 Å². The average molecular weight is 278 g/mol. The summed E-state index contributed by atoms with van der Waals surface area (Å²) in [5.41, 5.74) is 0. The van der Waals surface area contributed by atoms with E-state index < -0.39 is 20.9 Å². The second kappa shape index (κ2) is 5.79. The van der Waals surface area contributed by atoms with Crippen LogP contribution in [0.15, 0.2) is 23.4 Å². The summed E-state index contributed by atoms with van der Waals surface area (Å²) in [6, 6.07) is 2.24. The molecular formula is C10H15FN2O2S2. The molecular weight excluding hydrogens is 263 g/mol. The monoisotopic (exact) mass is 278 g/mol. The number of nitrogens with zero attached hydrogens (tertiary/aromatic N) is 2. The molecule has 0 amide bonds. The Bertz CT molecular complexity index is 479. The summed E-state index contributed by atoms with van der Waals surface area (Å²) in [6.45, 7) is 1.77. The molecule has 1 atom stereocenters. The van der Waals surface area contributed by atoms with E-state index in [0.29, 0.717) is 5.75 Å². The van der Waals surface area contributed by atoms with Crippen LogP contribution in [0.3, 0.4) is 0 Å². The number of rotatable bonds is 5. The zero-order chi connectivity index (χ0) is 13.1. The standard InChI is InChI=1S/C10H15FN2O2S2/c1-8(7-16-3)13(2)17(14,15)10-9(11)5-4-6-12-10/h4-6,8H,7H2,1-3H3. The van der Waals surface area contributed by atoms with Crippen molar-refractivity contribution in [3.8, 4) is 0 Å². The molecule has 1 aromatic rings. The average Bonchev–Trinajstić information content (AvgIpc) is 2.28. The number of pyridine rings is 1. The third-order valence-corrected chi connectivity index (χ3v) is 5.10. The lowest BCUT2D eigenvalue weighted by atomic mass is 10.4. The van der Waals surface area contributed by atoms with Crippen LogP contribution in [0.4, 0.5) is 4.39 Å². The number of thioether (sulfide) groups is 1. The van der Waals surface area contributed by atoms with E-state index in [1.54, 1.807) is 6.92 Å². The fourth-order valence-electron chi connectivity index (χ4n) is 1.28. The fraction of sp³-hybridized carbons (Fsp3) is 0.500. The maximum atomic E-state index is 13.4. The van der Waals surface area contributed by atoms with Gasteiger partial charge in [0.25, 0.3) is 10.0 Å². The number of sulfonamides is 1. The normalized spacial score (nSPS) is 13.9. The van der Waals surface area contributed by atoms with E-state index in [4.69, 9.17) is 0 Å². The molecule has 1 unspecified atom stereocenters. The second-order valence-electron chi connectivity index (χ2n) is 3.62. The Kier molecular flexibility index (Phi) is 4.91. The van der Waals surface area contributed by atoms with Crippen molar-refractivity contribution in [1.29, 1.82) is 0 Å². The molecule has 0 bridgehead atoms. The molecule has 0 fully saturated rings. The topological polar surface area (TPSA) is 50.3 Å². The first kappa shape index (κ1) is 14.4. The van der Waals surface area contributed by atoms with Crippen molar-refractivity contribution in [2.24, 2.45) is 0 Å². The molecule has 0 saturated heterocycles. The molecule has 0 aliphatic carbocycles. The summed E-state index contributed by atoms with van der Waals surface area (Å²) in [4.78, 5) is 3.60. The Labute approximate surface area is 105 Å². The minimum atomic E-state index is -3.86. The predicted octanol–water partition coefficient (Wildman–Crippen LogP) is 1.59. The highest BCUT2D eigenvalue weighted by Crippen LogP contribution is 2.18. The zero-order valence-corrected chi connectivity index (χ0v) is 11.6. The van der Waals surface area contributed by atoms with Crippen LogP contribution in [-0.2, 0) is 10.0 Å². The van der Waals surface area contributed by atoms with Crippen molar-refractivity contribution in [3.63, 3.8) is 0 Å². The van der Waals surface area contributed by atoms with Crippen molar-refractivity contribution in [2.45, 2.75) is 18.0 Å². The van der Waals surface area contributed by atoms with E-state index in [9.17, 15) is 12.8 Å². The van der Waals surface area contributed by atoms with Crippen molar-refractivity contribution in [2.75, 3.05) is 19.1 Å². The van der Waals surface area contributed by atoms with Gasteiger partial charge in [-0.2, -0.15) is 16.1 Å². The van der Waals surface area contributed by atoms with Crippen molar-refractivity contribution in [3.05, 3.63) is 24.1 Å². The largest absolute Gasteiger partial charge is 0.263 e. The minimum Gasteiger partial charge on any atom is -0.241 e. The van der Waals surface area contributed by atoms with Crippen LogP contribution in [0.25, 0.3) is 0 Å². The first-order valence-corrected chi connectivity index (χ1v) is 7.82. The van der Waals surface area contributed by atoms with E-state index in [-0.39, 0.29) is 6.04 Å². The summed E-state index contributed by atoms with van der Waals surface area (Å²) in [5, 5.41) is -0.518. The third kappa shape index (κ3) is 3.17. The summed E-state index contributed by atoms with van der Waals surface area (Å²) in [6.07, 6.45) is 3.15. The molecule has 0 aromatic carbocycles. The smallest absolute Gasteiger partial charge is 0.241 e. The van der Waals surface area contributed by atoms with Gasteiger partial charge in [-0.05, 0) is 25.3 Å². The highest BCUT2D eigenvalue weighted by Gasteiger charge is 2.28. The van der Waals surface area contributed by atoms with Gasteiger partial charge >= 0.3 is 0 Å². The van der Waals surface area contributed by atoms with Gasteiger partial charge in [0, 0.05) is 25.0 Å². The Morgan fingerprint density at radius 1 is 1.59 bits per heavy atom. The second-order valence-corrected chi connectivity index (χ2v) is 6.44. The van der Waals surface area contributed by atoms with E-state index in [1.807, 2.05) is 6.26 Å². The third-order valence-electron chi connectivity index (χ3n) is 2.38.